The van der Waals surface area contributed by atoms with Crippen molar-refractivity contribution in [2.24, 2.45) is 11.5 Å². The van der Waals surface area contributed by atoms with Crippen molar-refractivity contribution in [2.45, 2.75) is 37.9 Å². The lowest BCUT2D eigenvalue weighted by Crippen LogP contribution is -2.38. The lowest BCUT2D eigenvalue weighted by atomic mass is 10.1. The number of carboxylic acid groups (broad SMARTS) is 3. The van der Waals surface area contributed by atoms with Crippen LogP contribution >= 0.6 is 0 Å². The zero-order valence-corrected chi connectivity index (χ0v) is 17.5. The minimum absolute atomic E-state index is 0.0448. The molecule has 3 unspecified atom stereocenters. The molecule has 0 spiro atoms. The van der Waals surface area contributed by atoms with Gasteiger partial charge in [0.1, 0.15) is 12.1 Å². The first-order valence-corrected chi connectivity index (χ1v) is 9.40. The zero-order valence-electron chi connectivity index (χ0n) is 17.5. The van der Waals surface area contributed by atoms with Gasteiger partial charge in [-0.25, -0.2) is 0 Å². The summed E-state index contributed by atoms with van der Waals surface area (Å²) in [6, 6.07) is 15.2. The second-order valence-electron chi connectivity index (χ2n) is 6.63. The summed E-state index contributed by atoms with van der Waals surface area (Å²) in [5.41, 5.74) is 11.9. The minimum Gasteiger partial charge on any atom is -0.480 e. The topological polar surface area (TPSA) is 208 Å². The van der Waals surface area contributed by atoms with Gasteiger partial charge in [-0.1, -0.05) is 65.9 Å². The zero-order chi connectivity index (χ0) is 24.7. The van der Waals surface area contributed by atoms with E-state index >= 15 is 0 Å². The standard InChI is InChI=1S/C9H11NO4.C9H11NO2.C3H7NO2/c11-9(12)8(10(13)14)6-7-4-2-1-3-5-7;10-8(9(11)12)6-7-4-2-1-3-5-7;1-2(4)3(5)6/h1-5,8,13-14H,6H2,(H,11,12);1-5,8H,6,10H2,(H,11,12);2H,4H2,1H3,(H,5,6). The number of nitrogens with two attached hydrogens (primary N) is 2. The Labute approximate surface area is 185 Å². The third-order valence-electron chi connectivity index (χ3n) is 3.84. The van der Waals surface area contributed by atoms with Gasteiger partial charge in [-0.2, -0.15) is 0 Å². The number of benzene rings is 2. The van der Waals surface area contributed by atoms with E-state index in [4.69, 9.17) is 37.2 Å². The van der Waals surface area contributed by atoms with Crippen LogP contribution in [0.5, 0.6) is 0 Å². The Hall–Kier alpha value is -3.35. The third kappa shape index (κ3) is 13.1. The molecule has 0 amide bonds. The van der Waals surface area contributed by atoms with Gasteiger partial charge in [-0.3, -0.25) is 24.8 Å². The van der Waals surface area contributed by atoms with Crippen molar-refractivity contribution in [3.8, 4) is 0 Å². The van der Waals surface area contributed by atoms with Crippen LogP contribution < -0.4 is 11.5 Å². The molecule has 2 rings (SSSR count). The molecular weight excluding hydrogens is 422 g/mol. The molecule has 0 bridgehead atoms. The van der Waals surface area contributed by atoms with E-state index in [-0.39, 0.29) is 11.6 Å². The number of nitrogens with zero attached hydrogens (tertiary/aromatic N) is 1. The molecule has 0 radical (unpaired) electrons. The fraction of sp³-hybridized carbons (Fsp3) is 0.286. The van der Waals surface area contributed by atoms with E-state index in [9.17, 15) is 14.4 Å². The van der Waals surface area contributed by atoms with Crippen LogP contribution in [0.4, 0.5) is 0 Å². The molecule has 11 nitrogen and oxygen atoms in total. The fourth-order valence-corrected chi connectivity index (χ4v) is 2.06. The largest absolute Gasteiger partial charge is 0.480 e. The van der Waals surface area contributed by atoms with Crippen LogP contribution in [-0.4, -0.2) is 67.0 Å². The summed E-state index contributed by atoms with van der Waals surface area (Å²) in [6.45, 7) is 1.42. The van der Waals surface area contributed by atoms with Gasteiger partial charge < -0.3 is 26.8 Å². The SMILES string of the molecule is CC(N)C(=O)O.NC(Cc1ccccc1)C(=O)O.O=C(O)C(Cc1ccccc1)N(O)O. The van der Waals surface area contributed by atoms with E-state index in [0.29, 0.717) is 6.42 Å². The second-order valence-corrected chi connectivity index (χ2v) is 6.63. The highest BCUT2D eigenvalue weighted by atomic mass is 16.8. The molecule has 2 aromatic rings. The van der Waals surface area contributed by atoms with Crippen molar-refractivity contribution in [3.63, 3.8) is 0 Å². The predicted molar refractivity (Wildman–Crippen MR) is 114 cm³/mol. The highest BCUT2D eigenvalue weighted by Crippen LogP contribution is 2.06. The lowest BCUT2D eigenvalue weighted by Gasteiger charge is -2.15. The molecule has 0 saturated carbocycles. The molecule has 176 valence electrons. The Morgan fingerprint density at radius 1 is 0.750 bits per heavy atom. The number of rotatable bonds is 8. The quantitative estimate of drug-likeness (QED) is 0.279. The van der Waals surface area contributed by atoms with Crippen LogP contribution in [0.3, 0.4) is 0 Å². The average Bonchev–Trinajstić information content (AvgIpc) is 2.74. The average molecular weight is 451 g/mol. The van der Waals surface area contributed by atoms with Gasteiger partial charge in [0.2, 0.25) is 0 Å². The van der Waals surface area contributed by atoms with Gasteiger partial charge in [0.15, 0.2) is 6.04 Å². The lowest BCUT2D eigenvalue weighted by molar-refractivity contribution is -0.327. The second kappa shape index (κ2) is 15.5. The highest BCUT2D eigenvalue weighted by molar-refractivity contribution is 5.74. The van der Waals surface area contributed by atoms with Gasteiger partial charge in [0, 0.05) is 6.42 Å². The van der Waals surface area contributed by atoms with E-state index in [1.54, 1.807) is 30.3 Å². The normalized spacial score (nSPS) is 12.8. The minimum atomic E-state index is -1.34. The first-order valence-electron chi connectivity index (χ1n) is 9.40. The smallest absolute Gasteiger partial charge is 0.326 e. The summed E-state index contributed by atoms with van der Waals surface area (Å²) in [6.07, 6.45) is 0.430. The molecule has 0 fully saturated rings. The van der Waals surface area contributed by atoms with Crippen molar-refractivity contribution < 1.29 is 40.1 Å². The van der Waals surface area contributed by atoms with E-state index in [2.05, 4.69) is 0 Å². The van der Waals surface area contributed by atoms with Gasteiger partial charge >= 0.3 is 17.9 Å². The highest BCUT2D eigenvalue weighted by Gasteiger charge is 2.23. The van der Waals surface area contributed by atoms with Crippen molar-refractivity contribution in [1.82, 2.24) is 5.23 Å². The van der Waals surface area contributed by atoms with Crippen LogP contribution in [0, 0.1) is 0 Å². The van der Waals surface area contributed by atoms with Crippen molar-refractivity contribution >= 4 is 17.9 Å². The Bertz CT molecular complexity index is 816. The molecular formula is C21H29N3O8. The van der Waals surface area contributed by atoms with Gasteiger partial charge in [0.25, 0.3) is 0 Å². The van der Waals surface area contributed by atoms with Gasteiger partial charge in [0.05, 0.1) is 0 Å². The molecule has 11 heteroatoms. The van der Waals surface area contributed by atoms with E-state index < -0.39 is 36.0 Å². The van der Waals surface area contributed by atoms with E-state index in [1.807, 2.05) is 30.3 Å². The summed E-state index contributed by atoms with van der Waals surface area (Å²) < 4.78 is 0. The number of carboxylic acids is 3. The van der Waals surface area contributed by atoms with Crippen LogP contribution in [0.15, 0.2) is 60.7 Å². The first-order chi connectivity index (χ1) is 15.0. The van der Waals surface area contributed by atoms with Crippen molar-refractivity contribution in [3.05, 3.63) is 71.8 Å². The summed E-state index contributed by atoms with van der Waals surface area (Å²) >= 11 is 0. The van der Waals surface area contributed by atoms with Gasteiger partial charge in [-0.15, -0.1) is 0 Å². The van der Waals surface area contributed by atoms with Crippen molar-refractivity contribution in [2.75, 3.05) is 0 Å². The molecule has 3 atom stereocenters. The molecule has 0 aliphatic heterocycles. The summed E-state index contributed by atoms with van der Waals surface area (Å²) in [5, 5.41) is 42.0. The van der Waals surface area contributed by atoms with E-state index in [1.165, 1.54) is 6.92 Å². The molecule has 9 N–H and O–H groups in total. The number of hydrogen-bond donors (Lipinski definition) is 7. The maximum atomic E-state index is 10.6. The third-order valence-corrected chi connectivity index (χ3v) is 3.84. The summed E-state index contributed by atoms with van der Waals surface area (Å²) in [7, 11) is 0. The number of aliphatic carboxylic acids is 3. The van der Waals surface area contributed by atoms with Crippen LogP contribution in [0.2, 0.25) is 0 Å². The van der Waals surface area contributed by atoms with Crippen LogP contribution in [0.25, 0.3) is 0 Å². The van der Waals surface area contributed by atoms with Gasteiger partial charge in [-0.05, 0) is 24.5 Å². The Balaban J connectivity index is 0.000000487. The summed E-state index contributed by atoms with van der Waals surface area (Å²) in [5.74, 6) is -3.20. The Morgan fingerprint density at radius 3 is 1.41 bits per heavy atom. The summed E-state index contributed by atoms with van der Waals surface area (Å²) in [4.78, 5) is 30.5. The van der Waals surface area contributed by atoms with Crippen LogP contribution in [0.1, 0.15) is 18.1 Å². The first kappa shape index (κ1) is 28.6. The molecule has 0 saturated heterocycles. The Morgan fingerprint density at radius 2 is 1.12 bits per heavy atom. The molecule has 0 aromatic heterocycles. The van der Waals surface area contributed by atoms with Crippen LogP contribution in [-0.2, 0) is 27.2 Å². The predicted octanol–water partition coefficient (Wildman–Crippen LogP) is 0.822. The molecule has 0 aliphatic rings. The maximum Gasteiger partial charge on any atom is 0.326 e. The Kier molecular flexibility index (Phi) is 13.8. The molecule has 2 aromatic carbocycles. The number of carbonyl (C=O) groups is 3. The number of hydroxylamine groups is 2. The molecule has 32 heavy (non-hydrogen) atoms. The van der Waals surface area contributed by atoms with E-state index in [0.717, 1.165) is 11.1 Å². The van der Waals surface area contributed by atoms with Crippen molar-refractivity contribution in [1.29, 1.82) is 0 Å². The molecule has 0 aliphatic carbocycles. The molecule has 0 heterocycles. The maximum absolute atomic E-state index is 10.6. The number of hydrogen-bond acceptors (Lipinski definition) is 8. The fourth-order valence-electron chi connectivity index (χ4n) is 2.06. The monoisotopic (exact) mass is 451 g/mol.